The summed E-state index contributed by atoms with van der Waals surface area (Å²) in [6, 6.07) is 3.18. The molecule has 1 aromatic rings. The van der Waals surface area contributed by atoms with Crippen molar-refractivity contribution in [2.24, 2.45) is 0 Å². The van der Waals surface area contributed by atoms with Gasteiger partial charge in [-0.2, -0.15) is 0 Å². The maximum Gasteiger partial charge on any atom is 0.305 e. The Hall–Kier alpha value is -0.940. The lowest BCUT2D eigenvalue weighted by atomic mass is 10.3. The van der Waals surface area contributed by atoms with Crippen molar-refractivity contribution in [2.45, 2.75) is 6.42 Å². The van der Waals surface area contributed by atoms with E-state index in [4.69, 9.17) is 16.7 Å². The summed E-state index contributed by atoms with van der Waals surface area (Å²) in [6.45, 7) is 0.232. The van der Waals surface area contributed by atoms with Gasteiger partial charge in [0.2, 0.25) is 0 Å². The largest absolute Gasteiger partial charge is 0.504 e. The number of phenolic OH excluding ortho intramolecular Hbond substituents is 1. The molecule has 0 atom stereocenters. The maximum atomic E-state index is 10.3. The Morgan fingerprint density at radius 2 is 2.20 bits per heavy atom. The lowest BCUT2D eigenvalue weighted by molar-refractivity contribution is -0.136. The van der Waals surface area contributed by atoms with Gasteiger partial charge in [0.1, 0.15) is 0 Å². The van der Waals surface area contributed by atoms with Gasteiger partial charge < -0.3 is 15.5 Å². The topological polar surface area (TPSA) is 69.6 Å². The van der Waals surface area contributed by atoms with Crippen LogP contribution in [0.25, 0.3) is 0 Å². The van der Waals surface area contributed by atoms with Gasteiger partial charge in [-0.1, -0.05) is 27.5 Å². The summed E-state index contributed by atoms with van der Waals surface area (Å²) >= 11 is 8.94. The van der Waals surface area contributed by atoms with Crippen molar-refractivity contribution in [3.05, 3.63) is 21.6 Å². The van der Waals surface area contributed by atoms with E-state index in [0.717, 1.165) is 0 Å². The van der Waals surface area contributed by atoms with Gasteiger partial charge in [-0.05, 0) is 12.1 Å². The van der Waals surface area contributed by atoms with E-state index in [0.29, 0.717) is 10.2 Å². The zero-order valence-electron chi connectivity index (χ0n) is 7.63. The van der Waals surface area contributed by atoms with Gasteiger partial charge >= 0.3 is 5.97 Å². The summed E-state index contributed by atoms with van der Waals surface area (Å²) in [5.74, 6) is -0.978. The second-order valence-corrected chi connectivity index (χ2v) is 4.18. The van der Waals surface area contributed by atoms with Crippen molar-refractivity contribution in [1.82, 2.24) is 0 Å². The Labute approximate surface area is 100.0 Å². The van der Waals surface area contributed by atoms with Crippen molar-refractivity contribution >= 4 is 39.2 Å². The van der Waals surface area contributed by atoms with E-state index in [-0.39, 0.29) is 23.7 Å². The summed E-state index contributed by atoms with van der Waals surface area (Å²) in [4.78, 5) is 10.3. The number of carboxylic acids is 1. The number of aromatic hydroxyl groups is 1. The third-order valence-corrected chi connectivity index (χ3v) is 2.43. The normalized spacial score (nSPS) is 10.0. The number of rotatable bonds is 4. The second-order valence-electron chi connectivity index (χ2n) is 2.85. The van der Waals surface area contributed by atoms with Crippen molar-refractivity contribution in [1.29, 1.82) is 0 Å². The van der Waals surface area contributed by atoms with Gasteiger partial charge in [0.15, 0.2) is 5.75 Å². The minimum absolute atomic E-state index is 0.0242. The first kappa shape index (κ1) is 12.1. The number of phenols is 1. The molecule has 6 heteroatoms. The summed E-state index contributed by atoms with van der Waals surface area (Å²) in [6.07, 6.45) is -0.0242. The molecule has 15 heavy (non-hydrogen) atoms. The molecular formula is C9H9BrClNO3. The van der Waals surface area contributed by atoms with Crippen LogP contribution in [0.2, 0.25) is 5.02 Å². The fourth-order valence-corrected chi connectivity index (χ4v) is 1.81. The lowest BCUT2D eigenvalue weighted by Gasteiger charge is -2.08. The Bertz CT molecular complexity index is 384. The van der Waals surface area contributed by atoms with Crippen LogP contribution in [0.4, 0.5) is 5.69 Å². The van der Waals surface area contributed by atoms with Crippen LogP contribution in [0, 0.1) is 0 Å². The standard InChI is InChI=1S/C9H9BrClNO3/c10-5-3-6(11)9(15)7(4-5)12-2-1-8(13)14/h3-4,12,15H,1-2H2,(H,13,14). The van der Waals surface area contributed by atoms with Crippen LogP contribution in [0.1, 0.15) is 6.42 Å². The molecule has 0 aliphatic rings. The highest BCUT2D eigenvalue weighted by atomic mass is 79.9. The van der Waals surface area contributed by atoms with Crippen LogP contribution in [0.3, 0.4) is 0 Å². The number of halogens is 2. The Morgan fingerprint density at radius 1 is 1.53 bits per heavy atom. The highest BCUT2D eigenvalue weighted by Gasteiger charge is 2.07. The summed E-state index contributed by atoms with van der Waals surface area (Å²) in [5.41, 5.74) is 0.413. The Balaban J connectivity index is 2.72. The quantitative estimate of drug-likeness (QED) is 0.747. The zero-order valence-corrected chi connectivity index (χ0v) is 9.97. The maximum absolute atomic E-state index is 10.3. The number of carbonyl (C=O) groups is 1. The number of hydrogen-bond donors (Lipinski definition) is 3. The molecule has 1 aromatic carbocycles. The van der Waals surface area contributed by atoms with E-state index in [1.54, 1.807) is 12.1 Å². The van der Waals surface area contributed by atoms with Gasteiger partial charge in [0.25, 0.3) is 0 Å². The number of hydrogen-bond acceptors (Lipinski definition) is 3. The molecule has 0 spiro atoms. The zero-order chi connectivity index (χ0) is 11.4. The van der Waals surface area contributed by atoms with Crippen molar-refractivity contribution in [3.8, 4) is 5.75 Å². The molecule has 0 aliphatic carbocycles. The van der Waals surface area contributed by atoms with Gasteiger partial charge in [0.05, 0.1) is 17.1 Å². The van der Waals surface area contributed by atoms with E-state index < -0.39 is 5.97 Å². The van der Waals surface area contributed by atoms with Crippen LogP contribution in [-0.2, 0) is 4.79 Å². The Morgan fingerprint density at radius 3 is 2.80 bits per heavy atom. The minimum Gasteiger partial charge on any atom is -0.504 e. The average molecular weight is 295 g/mol. The molecule has 0 radical (unpaired) electrons. The van der Waals surface area contributed by atoms with Crippen molar-refractivity contribution < 1.29 is 15.0 Å². The highest BCUT2D eigenvalue weighted by molar-refractivity contribution is 9.10. The van der Waals surface area contributed by atoms with Crippen LogP contribution >= 0.6 is 27.5 Å². The van der Waals surface area contributed by atoms with E-state index >= 15 is 0 Å². The number of anilines is 1. The van der Waals surface area contributed by atoms with Crippen LogP contribution < -0.4 is 5.32 Å². The first-order valence-electron chi connectivity index (χ1n) is 4.14. The van der Waals surface area contributed by atoms with E-state index in [2.05, 4.69) is 21.2 Å². The molecule has 3 N–H and O–H groups in total. The lowest BCUT2D eigenvalue weighted by Crippen LogP contribution is -2.07. The Kier molecular flexibility index (Phi) is 4.23. The summed E-state index contributed by atoms with van der Waals surface area (Å²) < 4.78 is 0.711. The minimum atomic E-state index is -0.900. The van der Waals surface area contributed by atoms with Crippen LogP contribution in [0.5, 0.6) is 5.75 Å². The number of nitrogens with one attached hydrogen (secondary N) is 1. The molecule has 0 heterocycles. The van der Waals surface area contributed by atoms with Crippen LogP contribution in [0.15, 0.2) is 16.6 Å². The molecule has 1 rings (SSSR count). The van der Waals surface area contributed by atoms with Gasteiger partial charge in [-0.25, -0.2) is 0 Å². The van der Waals surface area contributed by atoms with E-state index in [1.165, 1.54) is 0 Å². The molecule has 0 aromatic heterocycles. The molecule has 0 amide bonds. The predicted octanol–water partition coefficient (Wildman–Crippen LogP) is 2.69. The molecule has 4 nitrogen and oxygen atoms in total. The van der Waals surface area contributed by atoms with E-state index in [9.17, 15) is 9.90 Å². The summed E-state index contributed by atoms with van der Waals surface area (Å²) in [5, 5.41) is 20.9. The molecule has 82 valence electrons. The first-order chi connectivity index (χ1) is 7.00. The second kappa shape index (κ2) is 5.23. The van der Waals surface area contributed by atoms with Gasteiger partial charge in [0, 0.05) is 11.0 Å². The fraction of sp³-hybridized carbons (Fsp3) is 0.222. The van der Waals surface area contributed by atoms with Crippen molar-refractivity contribution in [3.63, 3.8) is 0 Å². The van der Waals surface area contributed by atoms with Crippen molar-refractivity contribution in [2.75, 3.05) is 11.9 Å². The van der Waals surface area contributed by atoms with Gasteiger partial charge in [-0.3, -0.25) is 4.79 Å². The molecule has 0 bridgehead atoms. The smallest absolute Gasteiger partial charge is 0.305 e. The molecule has 0 unspecified atom stereocenters. The molecular weight excluding hydrogens is 285 g/mol. The molecule has 0 aliphatic heterocycles. The number of benzene rings is 1. The molecule has 0 saturated carbocycles. The SMILES string of the molecule is O=C(O)CCNc1cc(Br)cc(Cl)c1O. The number of aliphatic carboxylic acids is 1. The first-order valence-corrected chi connectivity index (χ1v) is 5.31. The van der Waals surface area contributed by atoms with E-state index in [1.807, 2.05) is 0 Å². The number of carboxylic acid groups (broad SMARTS) is 1. The van der Waals surface area contributed by atoms with Crippen LogP contribution in [-0.4, -0.2) is 22.7 Å². The highest BCUT2D eigenvalue weighted by Crippen LogP contribution is 2.34. The fourth-order valence-electron chi connectivity index (χ4n) is 1.00. The molecule has 0 fully saturated rings. The molecule has 0 saturated heterocycles. The third-order valence-electron chi connectivity index (χ3n) is 1.68. The monoisotopic (exact) mass is 293 g/mol. The summed E-state index contributed by atoms with van der Waals surface area (Å²) in [7, 11) is 0. The predicted molar refractivity (Wildman–Crippen MR) is 61.6 cm³/mol. The average Bonchev–Trinajstić information content (AvgIpc) is 2.12. The van der Waals surface area contributed by atoms with Gasteiger partial charge in [-0.15, -0.1) is 0 Å². The third kappa shape index (κ3) is 3.60.